The molecule has 0 aliphatic carbocycles. The summed E-state index contributed by atoms with van der Waals surface area (Å²) in [6.45, 7) is 13.8. The van der Waals surface area contributed by atoms with Crippen LogP contribution in [0.25, 0.3) is 44.2 Å². The molecule has 0 nitrogen and oxygen atoms in total. The Bertz CT molecular complexity index is 1850. The maximum absolute atomic E-state index is 4.93. The molecule has 0 saturated carbocycles. The van der Waals surface area contributed by atoms with Crippen LogP contribution in [0, 0.1) is 12.0 Å². The van der Waals surface area contributed by atoms with Gasteiger partial charge in [-0.15, -0.1) is 34.0 Å². The summed E-state index contributed by atoms with van der Waals surface area (Å²) in [5.41, 5.74) is 12.4. The van der Waals surface area contributed by atoms with Crippen LogP contribution in [0.3, 0.4) is 0 Å². The van der Waals surface area contributed by atoms with E-state index < -0.39 is 20.8 Å². The molecule has 0 aromatic heterocycles. The van der Waals surface area contributed by atoms with Gasteiger partial charge in [0.2, 0.25) is 0 Å². The number of benzene rings is 5. The van der Waals surface area contributed by atoms with E-state index in [0.29, 0.717) is 17.8 Å². The Kier molecular flexibility index (Phi) is 12.7. The molecule has 6 aromatic rings. The van der Waals surface area contributed by atoms with Gasteiger partial charge in [-0.3, -0.25) is 0 Å². The maximum Gasteiger partial charge on any atom is 0.0920 e. The molecule has 0 unspecified atom stereocenters. The van der Waals surface area contributed by atoms with Gasteiger partial charge in [0.05, 0.1) is 9.52 Å². The van der Waals surface area contributed by atoms with Crippen LogP contribution in [0.1, 0.15) is 70.1 Å². The second-order valence-corrected chi connectivity index (χ2v) is 18.2. The molecule has 4 heteroatoms. The second kappa shape index (κ2) is 16.7. The first-order valence-corrected chi connectivity index (χ1v) is 23.8. The van der Waals surface area contributed by atoms with E-state index in [1.807, 2.05) is 6.07 Å². The van der Waals surface area contributed by atoms with Crippen molar-refractivity contribution in [3.05, 3.63) is 138 Å². The summed E-state index contributed by atoms with van der Waals surface area (Å²) in [4.78, 5) is 0. The number of hydrogen-bond acceptors (Lipinski definition) is 0. The van der Waals surface area contributed by atoms with Gasteiger partial charge in [-0.05, 0) is 52.0 Å². The summed E-state index contributed by atoms with van der Waals surface area (Å²) in [7, 11) is 10.7. The van der Waals surface area contributed by atoms with Crippen LogP contribution in [-0.2, 0) is 27.3 Å². The minimum absolute atomic E-state index is 0.507. The van der Waals surface area contributed by atoms with Crippen molar-refractivity contribution in [1.29, 1.82) is 0 Å². The van der Waals surface area contributed by atoms with Crippen molar-refractivity contribution in [2.75, 3.05) is 0 Å². The third-order valence-electron chi connectivity index (χ3n) is 8.61. The van der Waals surface area contributed by atoms with Crippen LogP contribution in [0.4, 0.5) is 0 Å². The molecule has 0 fully saturated rings. The molecule has 0 saturated heterocycles. The molecular formula is C43H42Cl2SiZr. The fourth-order valence-electron chi connectivity index (χ4n) is 6.32. The average Bonchev–Trinajstić information content (AvgIpc) is 3.65. The zero-order valence-electron chi connectivity index (χ0n) is 28.2. The first-order chi connectivity index (χ1) is 22.7. The number of hydrogen-bond donors (Lipinski definition) is 0. The van der Waals surface area contributed by atoms with Gasteiger partial charge in [0.1, 0.15) is 0 Å². The van der Waals surface area contributed by atoms with Crippen molar-refractivity contribution in [3.63, 3.8) is 0 Å². The predicted octanol–water partition coefficient (Wildman–Crippen LogP) is 11.8. The molecule has 6 aromatic carbocycles. The summed E-state index contributed by atoms with van der Waals surface area (Å²) >= 11 is -0.826. The van der Waals surface area contributed by atoms with Crippen LogP contribution in [-0.4, -0.2) is 9.52 Å². The molecular weight excluding hydrogens is 707 g/mol. The Labute approximate surface area is 303 Å². The topological polar surface area (TPSA) is 0 Å². The zero-order valence-corrected chi connectivity index (χ0v) is 33.1. The molecule has 0 bridgehead atoms. The molecule has 0 amide bonds. The van der Waals surface area contributed by atoms with Gasteiger partial charge < -0.3 is 0 Å². The maximum atomic E-state index is 4.93. The summed E-state index contributed by atoms with van der Waals surface area (Å²) in [6, 6.07) is 45.7. The Hall–Kier alpha value is -2.61. The molecule has 1 aliphatic heterocycles. The molecule has 2 radical (unpaired) electrons. The average molecular weight is 749 g/mol. The van der Waals surface area contributed by atoms with Crippen molar-refractivity contribution in [2.45, 2.75) is 59.8 Å². The summed E-state index contributed by atoms with van der Waals surface area (Å²) in [5, 5.41) is 5.56. The van der Waals surface area contributed by atoms with Gasteiger partial charge in [0.25, 0.3) is 0 Å². The van der Waals surface area contributed by atoms with Gasteiger partial charge in [-0.1, -0.05) is 137 Å². The normalized spacial score (nSPS) is 11.5. The standard InChI is InChI=1S/C31H35.C12H7Si.2ClH.Zr/c1-20(2)14-23-15-25-12-13-29(24-10-8-7-9-11-24)31(30(25)16-23)28-18-26(21(3)4)17-27(19-28)22(5)6;1-3-7-11-9(5-1)10-6-2-4-8-12(10)13-11;;;/h7-13,15-22H,14H2,1-6H3;1-7H;2*1H;/q2*-1;;;+4/p-2. The van der Waals surface area contributed by atoms with Crippen molar-refractivity contribution >= 4 is 47.7 Å². The SMILES string of the molecule is CC(C)Cc1cc2c(-c3cc(C(C)C)cc(C(C)C)c3)c(-c3ccccc3)ccc2[cH-]1.[Cl][Zr+2][Cl].[c-]1cccc2c1[Si]c1ccccc1-2. The van der Waals surface area contributed by atoms with Crippen LogP contribution in [0.15, 0.2) is 115 Å². The van der Waals surface area contributed by atoms with E-state index in [-0.39, 0.29) is 0 Å². The largest absolute Gasteiger partial charge is 0.184 e. The van der Waals surface area contributed by atoms with Gasteiger partial charge in [-0.2, -0.15) is 35.5 Å². The summed E-state index contributed by atoms with van der Waals surface area (Å²) in [6.07, 6.45) is 1.12. The van der Waals surface area contributed by atoms with Crippen LogP contribution in [0.5, 0.6) is 0 Å². The van der Waals surface area contributed by atoms with E-state index in [9.17, 15) is 0 Å². The smallest absolute Gasteiger partial charge is 0.0920 e. The van der Waals surface area contributed by atoms with Crippen molar-refractivity contribution in [2.24, 2.45) is 5.92 Å². The third-order valence-corrected chi connectivity index (χ3v) is 9.98. The van der Waals surface area contributed by atoms with Crippen LogP contribution >= 0.6 is 17.0 Å². The number of rotatable bonds is 6. The fraction of sp³-hybridized carbons (Fsp3) is 0.233. The third kappa shape index (κ3) is 8.71. The van der Waals surface area contributed by atoms with E-state index in [0.717, 1.165) is 15.9 Å². The van der Waals surface area contributed by atoms with E-state index >= 15 is 0 Å². The number of fused-ring (bicyclic) bond motifs is 4. The molecule has 0 spiro atoms. The van der Waals surface area contributed by atoms with Gasteiger partial charge in [-0.25, -0.2) is 0 Å². The van der Waals surface area contributed by atoms with Gasteiger partial charge in [0, 0.05) is 0 Å². The molecule has 0 N–H and O–H groups in total. The quantitative estimate of drug-likeness (QED) is 0.117. The van der Waals surface area contributed by atoms with Gasteiger partial charge >= 0.3 is 37.9 Å². The monoisotopic (exact) mass is 746 g/mol. The predicted molar refractivity (Wildman–Crippen MR) is 205 cm³/mol. The van der Waals surface area contributed by atoms with Crippen molar-refractivity contribution in [1.82, 2.24) is 0 Å². The minimum atomic E-state index is -0.826. The van der Waals surface area contributed by atoms with Gasteiger partial charge in [0.15, 0.2) is 0 Å². The van der Waals surface area contributed by atoms with E-state index in [1.54, 1.807) is 0 Å². The van der Waals surface area contributed by atoms with Crippen molar-refractivity contribution < 1.29 is 20.8 Å². The van der Waals surface area contributed by atoms with Crippen LogP contribution in [0.2, 0.25) is 0 Å². The summed E-state index contributed by atoms with van der Waals surface area (Å²) in [5.74, 6) is 1.67. The van der Waals surface area contributed by atoms with E-state index in [1.165, 1.54) is 71.2 Å². The molecule has 1 aliphatic rings. The fourth-order valence-corrected chi connectivity index (χ4v) is 7.63. The van der Waals surface area contributed by atoms with E-state index in [4.69, 9.17) is 17.0 Å². The Morgan fingerprint density at radius 2 is 1.32 bits per heavy atom. The first-order valence-electron chi connectivity index (χ1n) is 16.5. The summed E-state index contributed by atoms with van der Waals surface area (Å²) < 4.78 is 0. The Morgan fingerprint density at radius 3 is 1.98 bits per heavy atom. The van der Waals surface area contributed by atoms with Crippen LogP contribution < -0.4 is 10.4 Å². The number of halogens is 2. The Balaban J connectivity index is 0.000000222. The molecule has 0 atom stereocenters. The zero-order chi connectivity index (χ0) is 33.5. The molecule has 47 heavy (non-hydrogen) atoms. The van der Waals surface area contributed by atoms with Crippen molar-refractivity contribution in [3.8, 4) is 33.4 Å². The Morgan fingerprint density at radius 1 is 0.681 bits per heavy atom. The first kappa shape index (κ1) is 35.7. The second-order valence-electron chi connectivity index (χ2n) is 13.2. The van der Waals surface area contributed by atoms with E-state index in [2.05, 4.69) is 157 Å². The molecule has 1 heterocycles. The molecule has 7 rings (SSSR count). The molecule has 236 valence electrons. The minimum Gasteiger partial charge on any atom is -0.184 e.